The molecular weight excluding hydrogens is 129 g/mol. The quantitative estimate of drug-likeness (QED) is 0.296. The van der Waals surface area contributed by atoms with Crippen molar-refractivity contribution in [2.75, 3.05) is 0 Å². The minimum atomic E-state index is 0. The molecule has 1 nitrogen and oxygen atoms in total. The van der Waals surface area contributed by atoms with Crippen LogP contribution in [-0.2, 0) is 24.3 Å². The monoisotopic (exact) mass is 135 g/mol. The second-order valence-electron chi connectivity index (χ2n) is 1.20. The Balaban J connectivity index is 0. The summed E-state index contributed by atoms with van der Waals surface area (Å²) in [6.45, 7) is 3.54. The van der Waals surface area contributed by atoms with Crippen LogP contribution in [-0.4, -0.2) is 6.29 Å². The van der Waals surface area contributed by atoms with E-state index in [1.807, 2.05) is 0 Å². The molecule has 0 radical (unpaired) electrons. The third-order valence-corrected chi connectivity index (χ3v) is 0.236. The summed E-state index contributed by atoms with van der Waals surface area (Å²) in [6, 6.07) is 0. The number of hydrogen-bond acceptors (Lipinski definition) is 1. The van der Waals surface area contributed by atoms with Crippen LogP contribution in [0.25, 0.3) is 0 Å². The van der Waals surface area contributed by atoms with E-state index in [9.17, 15) is 4.79 Å². The van der Waals surface area contributed by atoms with Gasteiger partial charge in [-0.05, 0) is 6.29 Å². The van der Waals surface area contributed by atoms with Gasteiger partial charge in [-0.15, -0.1) is 0 Å². The average molecular weight is 136 g/mol. The molecule has 0 heterocycles. The SMILES string of the molecule is C[C-](C)C=O.[Zn]. The number of carbonyl (C=O) groups is 1. The Bertz CT molecular complexity index is 34.5. The van der Waals surface area contributed by atoms with Crippen LogP contribution in [0, 0.1) is 5.92 Å². The van der Waals surface area contributed by atoms with Gasteiger partial charge in [0.2, 0.25) is 0 Å². The minimum Gasteiger partial charge on any atom is -0.338 e. The molecule has 0 aromatic carbocycles. The Morgan fingerprint density at radius 2 is 1.67 bits per heavy atom. The molecule has 0 aromatic heterocycles. The van der Waals surface area contributed by atoms with E-state index in [-0.39, 0.29) is 19.5 Å². The molecule has 0 aliphatic heterocycles. The molecule has 0 aromatic rings. The van der Waals surface area contributed by atoms with E-state index >= 15 is 0 Å². The molecule has 0 amide bonds. The molecule has 0 atom stereocenters. The van der Waals surface area contributed by atoms with E-state index in [1.165, 1.54) is 0 Å². The van der Waals surface area contributed by atoms with Crippen LogP contribution >= 0.6 is 0 Å². The van der Waals surface area contributed by atoms with Crippen LogP contribution < -0.4 is 0 Å². The van der Waals surface area contributed by atoms with Gasteiger partial charge in [0.15, 0.2) is 0 Å². The zero-order valence-electron chi connectivity index (χ0n) is 4.19. The molecule has 0 rings (SSSR count). The average Bonchev–Trinajstić information content (AvgIpc) is 1.38. The van der Waals surface area contributed by atoms with Crippen LogP contribution in [0.2, 0.25) is 0 Å². The van der Waals surface area contributed by atoms with Gasteiger partial charge in [-0.2, -0.15) is 13.8 Å². The first-order valence-electron chi connectivity index (χ1n) is 1.52. The third-order valence-electron chi connectivity index (χ3n) is 0.236. The number of aldehydes is 1. The molecule has 0 aliphatic carbocycles. The number of carbonyl (C=O) groups excluding carboxylic acids is 1. The molecule has 0 aliphatic rings. The molecule has 32 valence electrons. The first-order valence-corrected chi connectivity index (χ1v) is 1.52. The molecule has 0 spiro atoms. The first kappa shape index (κ1) is 9.48. The Hall–Kier alpha value is 0.163. The largest absolute Gasteiger partial charge is 0.338 e. The summed E-state index contributed by atoms with van der Waals surface area (Å²) >= 11 is 0. The van der Waals surface area contributed by atoms with Crippen molar-refractivity contribution >= 4 is 6.29 Å². The molecular formula is C4H7OZn-. The zero-order valence-corrected chi connectivity index (χ0v) is 7.16. The normalized spacial score (nSPS) is 5.67. The van der Waals surface area contributed by atoms with Crippen LogP contribution in [0.15, 0.2) is 0 Å². The van der Waals surface area contributed by atoms with Gasteiger partial charge in [0.05, 0.1) is 0 Å². The molecule has 0 saturated carbocycles. The summed E-state index contributed by atoms with van der Waals surface area (Å²) in [5.74, 6) is 0.824. The molecule has 2 heteroatoms. The summed E-state index contributed by atoms with van der Waals surface area (Å²) in [5.41, 5.74) is 0. The van der Waals surface area contributed by atoms with Gasteiger partial charge in [-0.1, -0.05) is 0 Å². The van der Waals surface area contributed by atoms with Crippen LogP contribution in [0.4, 0.5) is 0 Å². The van der Waals surface area contributed by atoms with Gasteiger partial charge in [0.25, 0.3) is 0 Å². The number of hydrogen-bond donors (Lipinski definition) is 0. The summed E-state index contributed by atoms with van der Waals surface area (Å²) in [4.78, 5) is 9.47. The van der Waals surface area contributed by atoms with Crippen molar-refractivity contribution in [2.45, 2.75) is 13.8 Å². The second-order valence-corrected chi connectivity index (χ2v) is 1.20. The van der Waals surface area contributed by atoms with E-state index in [4.69, 9.17) is 0 Å². The van der Waals surface area contributed by atoms with Gasteiger partial charge in [-0.3, -0.25) is 0 Å². The molecule has 0 saturated heterocycles. The second kappa shape index (κ2) is 5.16. The maximum atomic E-state index is 9.47. The van der Waals surface area contributed by atoms with E-state index in [0.29, 0.717) is 0 Å². The van der Waals surface area contributed by atoms with Crippen molar-refractivity contribution in [3.05, 3.63) is 5.92 Å². The molecule has 0 unspecified atom stereocenters. The van der Waals surface area contributed by atoms with Crippen molar-refractivity contribution in [3.63, 3.8) is 0 Å². The van der Waals surface area contributed by atoms with Crippen LogP contribution in [0.1, 0.15) is 13.8 Å². The molecule has 0 fully saturated rings. The maximum Gasteiger partial charge on any atom is 0 e. The fourth-order valence-corrected chi connectivity index (χ4v) is 0. The van der Waals surface area contributed by atoms with Crippen molar-refractivity contribution in [1.82, 2.24) is 0 Å². The van der Waals surface area contributed by atoms with Crippen LogP contribution in [0.5, 0.6) is 0 Å². The summed E-state index contributed by atoms with van der Waals surface area (Å²) in [5, 5.41) is 0. The van der Waals surface area contributed by atoms with Gasteiger partial charge in [-0.25, -0.2) is 0 Å². The third kappa shape index (κ3) is 8.90. The molecule has 6 heavy (non-hydrogen) atoms. The van der Waals surface area contributed by atoms with Crippen molar-refractivity contribution in [1.29, 1.82) is 0 Å². The Kier molecular flexibility index (Phi) is 8.16. The van der Waals surface area contributed by atoms with Crippen molar-refractivity contribution in [2.24, 2.45) is 0 Å². The van der Waals surface area contributed by atoms with E-state index < -0.39 is 0 Å². The fourth-order valence-electron chi connectivity index (χ4n) is 0. The zero-order chi connectivity index (χ0) is 4.28. The van der Waals surface area contributed by atoms with E-state index in [1.54, 1.807) is 13.8 Å². The van der Waals surface area contributed by atoms with Gasteiger partial charge >= 0.3 is 0 Å². The van der Waals surface area contributed by atoms with Crippen LogP contribution in [0.3, 0.4) is 0 Å². The summed E-state index contributed by atoms with van der Waals surface area (Å²) in [6.07, 6.45) is 0.833. The fraction of sp³-hybridized carbons (Fsp3) is 0.500. The Morgan fingerprint density at radius 3 is 1.67 bits per heavy atom. The smallest absolute Gasteiger partial charge is 0 e. The first-order chi connectivity index (χ1) is 2.27. The van der Waals surface area contributed by atoms with E-state index in [2.05, 4.69) is 0 Å². The van der Waals surface area contributed by atoms with Gasteiger partial charge in [0, 0.05) is 19.5 Å². The molecule has 0 N–H and O–H groups in total. The van der Waals surface area contributed by atoms with Gasteiger partial charge in [0.1, 0.15) is 0 Å². The topological polar surface area (TPSA) is 17.1 Å². The summed E-state index contributed by atoms with van der Waals surface area (Å²) < 4.78 is 0. The van der Waals surface area contributed by atoms with E-state index in [0.717, 1.165) is 12.2 Å². The maximum absolute atomic E-state index is 9.47. The predicted molar refractivity (Wildman–Crippen MR) is 20.7 cm³/mol. The Labute approximate surface area is 50.9 Å². The Morgan fingerprint density at radius 1 is 1.50 bits per heavy atom. The standard InChI is InChI=1S/C4H7O.Zn/c1-4(2)3-5;/h3H,1-2H3;/q-1;. The van der Waals surface area contributed by atoms with Gasteiger partial charge < -0.3 is 10.7 Å². The number of rotatable bonds is 1. The minimum absolute atomic E-state index is 0. The molecule has 0 bridgehead atoms. The summed E-state index contributed by atoms with van der Waals surface area (Å²) in [7, 11) is 0. The predicted octanol–water partition coefficient (Wildman–Crippen LogP) is 0.797. The van der Waals surface area contributed by atoms with Crippen molar-refractivity contribution < 1.29 is 24.3 Å². The van der Waals surface area contributed by atoms with Crippen molar-refractivity contribution in [3.8, 4) is 0 Å².